The zero-order valence-electron chi connectivity index (χ0n) is 17.3. The van der Waals surface area contributed by atoms with Gasteiger partial charge in [0, 0.05) is 23.1 Å². The van der Waals surface area contributed by atoms with Gasteiger partial charge in [-0.1, -0.05) is 41.9 Å². The molecule has 0 unspecified atom stereocenters. The van der Waals surface area contributed by atoms with Crippen LogP contribution in [-0.2, 0) is 38.3 Å². The smallest absolute Gasteiger partial charge is 0.416 e. The lowest BCUT2D eigenvalue weighted by Crippen LogP contribution is -2.53. The summed E-state index contributed by atoms with van der Waals surface area (Å²) in [7, 11) is -4.45. The van der Waals surface area contributed by atoms with Crippen molar-refractivity contribution >= 4 is 45.4 Å². The highest BCUT2D eigenvalue weighted by molar-refractivity contribution is 7.98. The molecule has 2 atom stereocenters. The van der Waals surface area contributed by atoms with E-state index in [2.05, 4.69) is 5.32 Å². The molecule has 2 aromatic rings. The summed E-state index contributed by atoms with van der Waals surface area (Å²) < 4.78 is 66.5. The minimum Gasteiger partial charge on any atom is -0.480 e. The molecule has 2 aromatic carbocycles. The molecular formula is C20H19ClF3N3O5S2. The second kappa shape index (κ2) is 10.5. The van der Waals surface area contributed by atoms with E-state index < -0.39 is 52.6 Å². The lowest BCUT2D eigenvalue weighted by atomic mass is 10.1. The topological polar surface area (TPSA) is 116 Å². The zero-order valence-corrected chi connectivity index (χ0v) is 19.6. The first-order valence-electron chi connectivity index (χ1n) is 9.68. The molecule has 1 aliphatic heterocycles. The summed E-state index contributed by atoms with van der Waals surface area (Å²) >= 11 is 7.22. The summed E-state index contributed by atoms with van der Waals surface area (Å²) in [6.45, 7) is -0.689. The van der Waals surface area contributed by atoms with Gasteiger partial charge in [-0.2, -0.15) is 37.7 Å². The molecule has 184 valence electrons. The number of carboxylic acid groups (broad SMARTS) is 1. The van der Waals surface area contributed by atoms with E-state index >= 15 is 0 Å². The zero-order chi connectivity index (χ0) is 25.1. The number of thioether (sulfide) groups is 1. The summed E-state index contributed by atoms with van der Waals surface area (Å²) in [5.41, 5.74) is -0.305. The Bertz CT molecular complexity index is 1170. The Morgan fingerprint density at radius 1 is 1.24 bits per heavy atom. The van der Waals surface area contributed by atoms with Gasteiger partial charge in [0.25, 0.3) is 5.91 Å². The monoisotopic (exact) mass is 537 g/mol. The van der Waals surface area contributed by atoms with Crippen LogP contribution in [0.2, 0.25) is 5.02 Å². The number of halogens is 4. The van der Waals surface area contributed by atoms with Crippen LogP contribution in [0.3, 0.4) is 0 Å². The number of nitrogens with zero attached hydrogens (tertiary/aromatic N) is 1. The first kappa shape index (κ1) is 26.3. The normalized spacial score (nSPS) is 19.1. The highest BCUT2D eigenvalue weighted by atomic mass is 35.5. The van der Waals surface area contributed by atoms with Crippen molar-refractivity contribution in [2.75, 3.05) is 5.75 Å². The Morgan fingerprint density at radius 3 is 2.53 bits per heavy atom. The SMILES string of the molecule is O=C(O)[C@H](CSCc1ccccc1)N[C@H]1C(=O)NS(=O)(=O)N1Cc1cc(C(F)(F)F)ccc1Cl. The molecular weight excluding hydrogens is 519 g/mol. The van der Waals surface area contributed by atoms with Gasteiger partial charge in [-0.05, 0) is 29.3 Å². The van der Waals surface area contributed by atoms with E-state index in [0.29, 0.717) is 16.1 Å². The summed E-state index contributed by atoms with van der Waals surface area (Å²) in [5, 5.41) is 11.9. The van der Waals surface area contributed by atoms with Crippen LogP contribution in [0.15, 0.2) is 48.5 Å². The Labute approximate surface area is 202 Å². The number of carbonyl (C=O) groups is 2. The molecule has 0 spiro atoms. The summed E-state index contributed by atoms with van der Waals surface area (Å²) in [5.74, 6) is -1.91. The van der Waals surface area contributed by atoms with E-state index in [9.17, 15) is 36.3 Å². The van der Waals surface area contributed by atoms with E-state index in [4.69, 9.17) is 11.6 Å². The number of carboxylic acids is 1. The number of benzene rings is 2. The van der Waals surface area contributed by atoms with Gasteiger partial charge < -0.3 is 5.11 Å². The quantitative estimate of drug-likeness (QED) is 0.450. The largest absolute Gasteiger partial charge is 0.480 e. The molecule has 1 heterocycles. The molecule has 0 radical (unpaired) electrons. The highest BCUT2D eigenvalue weighted by Crippen LogP contribution is 2.33. The fourth-order valence-corrected chi connectivity index (χ4v) is 5.56. The van der Waals surface area contributed by atoms with Gasteiger partial charge >= 0.3 is 22.4 Å². The summed E-state index contributed by atoms with van der Waals surface area (Å²) in [6.07, 6.45) is -6.35. The van der Waals surface area contributed by atoms with Gasteiger partial charge in [-0.15, -0.1) is 0 Å². The first-order valence-corrected chi connectivity index (χ1v) is 12.7. The lowest BCUT2D eigenvalue weighted by Gasteiger charge is -2.24. The second-order valence-electron chi connectivity index (χ2n) is 7.28. The third kappa shape index (κ3) is 6.42. The molecule has 0 aromatic heterocycles. The van der Waals surface area contributed by atoms with Gasteiger partial charge in [-0.3, -0.25) is 14.9 Å². The number of nitrogens with one attached hydrogen (secondary N) is 2. The van der Waals surface area contributed by atoms with Crippen molar-refractivity contribution in [1.82, 2.24) is 14.3 Å². The minimum atomic E-state index is -4.70. The van der Waals surface area contributed by atoms with Gasteiger partial charge in [0.15, 0.2) is 6.17 Å². The average Bonchev–Trinajstić information content (AvgIpc) is 2.96. The van der Waals surface area contributed by atoms with Crippen LogP contribution in [0.5, 0.6) is 0 Å². The van der Waals surface area contributed by atoms with E-state index in [0.717, 1.165) is 17.7 Å². The van der Waals surface area contributed by atoms with Crippen LogP contribution < -0.4 is 10.0 Å². The average molecular weight is 538 g/mol. The van der Waals surface area contributed by atoms with Crippen LogP contribution in [0.25, 0.3) is 0 Å². The maximum atomic E-state index is 13.1. The highest BCUT2D eigenvalue weighted by Gasteiger charge is 2.46. The maximum absolute atomic E-state index is 13.1. The van der Waals surface area contributed by atoms with E-state index in [1.807, 2.05) is 30.3 Å². The molecule has 1 fully saturated rings. The fourth-order valence-electron chi connectivity index (χ4n) is 3.14. The van der Waals surface area contributed by atoms with Crippen LogP contribution >= 0.6 is 23.4 Å². The predicted molar refractivity (Wildman–Crippen MR) is 120 cm³/mol. The Morgan fingerprint density at radius 2 is 1.91 bits per heavy atom. The molecule has 3 rings (SSSR count). The van der Waals surface area contributed by atoms with Crippen molar-refractivity contribution in [2.45, 2.75) is 30.7 Å². The lowest BCUT2D eigenvalue weighted by molar-refractivity contribution is -0.140. The van der Waals surface area contributed by atoms with E-state index in [1.54, 1.807) is 4.72 Å². The number of carbonyl (C=O) groups excluding carboxylic acids is 1. The molecule has 0 saturated carbocycles. The molecule has 0 aliphatic carbocycles. The number of alkyl halides is 3. The van der Waals surface area contributed by atoms with Crippen LogP contribution in [-0.4, -0.2) is 47.7 Å². The van der Waals surface area contributed by atoms with Crippen molar-refractivity contribution in [1.29, 1.82) is 0 Å². The third-order valence-corrected chi connectivity index (χ3v) is 7.72. The minimum absolute atomic E-state index is 0.00773. The van der Waals surface area contributed by atoms with E-state index in [-0.39, 0.29) is 16.3 Å². The molecule has 8 nitrogen and oxygen atoms in total. The maximum Gasteiger partial charge on any atom is 0.416 e. The van der Waals surface area contributed by atoms with Crippen LogP contribution in [0, 0.1) is 0 Å². The molecule has 3 N–H and O–H groups in total. The van der Waals surface area contributed by atoms with Crippen molar-refractivity contribution < 1.29 is 36.3 Å². The Kier molecular flexibility index (Phi) is 8.14. The summed E-state index contributed by atoms with van der Waals surface area (Å²) in [4.78, 5) is 24.1. The van der Waals surface area contributed by atoms with Crippen molar-refractivity contribution in [3.63, 3.8) is 0 Å². The molecule has 0 bridgehead atoms. The van der Waals surface area contributed by atoms with Crippen LogP contribution in [0.1, 0.15) is 16.7 Å². The van der Waals surface area contributed by atoms with Crippen LogP contribution in [0.4, 0.5) is 13.2 Å². The van der Waals surface area contributed by atoms with Gasteiger partial charge in [-0.25, -0.2) is 4.72 Å². The van der Waals surface area contributed by atoms with Crippen molar-refractivity contribution in [3.05, 3.63) is 70.2 Å². The molecule has 1 saturated heterocycles. The van der Waals surface area contributed by atoms with Gasteiger partial charge in [0.2, 0.25) is 0 Å². The standard InChI is InChI=1S/C20H19ClF3N3O5S2/c21-15-7-6-14(20(22,23)24)8-13(15)9-27-17(18(28)26-34(27,31)32)25-16(19(29)30)11-33-10-12-4-2-1-3-5-12/h1-8,16-17,25H,9-11H2,(H,26,28)(H,29,30)/t16-,17+/m0/s1. The van der Waals surface area contributed by atoms with E-state index in [1.165, 1.54) is 11.8 Å². The van der Waals surface area contributed by atoms with Gasteiger partial charge in [0.05, 0.1) is 5.56 Å². The molecule has 1 amide bonds. The molecule has 14 heteroatoms. The number of aliphatic carboxylic acids is 1. The van der Waals surface area contributed by atoms with Gasteiger partial charge in [0.1, 0.15) is 6.04 Å². The Hall–Kier alpha value is -2.32. The second-order valence-corrected chi connectivity index (χ2v) is 10.3. The predicted octanol–water partition coefficient (Wildman–Crippen LogP) is 2.84. The number of hydrogen-bond donors (Lipinski definition) is 3. The Balaban J connectivity index is 1.79. The first-order chi connectivity index (χ1) is 15.9. The summed E-state index contributed by atoms with van der Waals surface area (Å²) in [6, 6.07) is 10.3. The fraction of sp³-hybridized carbons (Fsp3) is 0.300. The van der Waals surface area contributed by atoms with Crippen molar-refractivity contribution in [2.24, 2.45) is 0 Å². The number of hydrogen-bond acceptors (Lipinski definition) is 6. The van der Waals surface area contributed by atoms with Crippen molar-refractivity contribution in [3.8, 4) is 0 Å². The number of rotatable bonds is 9. The molecule has 1 aliphatic rings. The number of amides is 1. The third-order valence-electron chi connectivity index (χ3n) is 4.83. The molecule has 34 heavy (non-hydrogen) atoms.